The molecule has 1 atom stereocenters. The number of nitrogens with zero attached hydrogens (tertiary/aromatic N) is 4. The highest BCUT2D eigenvalue weighted by Crippen LogP contribution is 2.23. The maximum Gasteiger partial charge on any atom is 0.253 e. The molecular weight excluding hydrogens is 338 g/mol. The average molecular weight is 364 g/mol. The van der Waals surface area contributed by atoms with Gasteiger partial charge in [0.05, 0.1) is 6.04 Å². The fraction of sp³-hybridized carbons (Fsp3) is 0.444. The SMILES string of the molecule is CN(C)C(=O)c1cccc(CN2CCNCC2c2nccn2C)c1.Cl. The van der Waals surface area contributed by atoms with Crippen LogP contribution in [0.5, 0.6) is 0 Å². The van der Waals surface area contributed by atoms with E-state index in [0.29, 0.717) is 0 Å². The molecule has 3 rings (SSSR count). The van der Waals surface area contributed by atoms with Crippen LogP contribution < -0.4 is 5.32 Å². The molecule has 1 aromatic heterocycles. The average Bonchev–Trinajstić information content (AvgIpc) is 3.01. The number of hydrogen-bond acceptors (Lipinski definition) is 4. The van der Waals surface area contributed by atoms with Crippen LogP contribution in [0.15, 0.2) is 36.7 Å². The Labute approximate surface area is 155 Å². The van der Waals surface area contributed by atoms with E-state index in [1.54, 1.807) is 19.0 Å². The third-order valence-corrected chi connectivity index (χ3v) is 4.48. The number of imidazole rings is 1. The molecule has 0 spiro atoms. The summed E-state index contributed by atoms with van der Waals surface area (Å²) >= 11 is 0. The molecule has 1 fully saturated rings. The van der Waals surface area contributed by atoms with Crippen molar-refractivity contribution in [2.45, 2.75) is 12.6 Å². The van der Waals surface area contributed by atoms with Gasteiger partial charge in [0, 0.05) is 65.3 Å². The number of aryl methyl sites for hydroxylation is 1. The quantitative estimate of drug-likeness (QED) is 0.898. The zero-order chi connectivity index (χ0) is 17.1. The Hall–Kier alpha value is -1.89. The summed E-state index contributed by atoms with van der Waals surface area (Å²) in [4.78, 5) is 20.7. The lowest BCUT2D eigenvalue weighted by Crippen LogP contribution is -2.46. The Morgan fingerprint density at radius 1 is 1.40 bits per heavy atom. The van der Waals surface area contributed by atoms with E-state index >= 15 is 0 Å². The van der Waals surface area contributed by atoms with Crippen molar-refractivity contribution in [1.29, 1.82) is 0 Å². The van der Waals surface area contributed by atoms with Gasteiger partial charge in [-0.1, -0.05) is 12.1 Å². The van der Waals surface area contributed by atoms with Crippen molar-refractivity contribution in [2.24, 2.45) is 7.05 Å². The molecule has 0 saturated carbocycles. The molecule has 136 valence electrons. The van der Waals surface area contributed by atoms with Gasteiger partial charge >= 0.3 is 0 Å². The number of rotatable bonds is 4. The van der Waals surface area contributed by atoms with Gasteiger partial charge in [0.25, 0.3) is 5.91 Å². The third kappa shape index (κ3) is 4.39. The minimum atomic E-state index is 0. The standard InChI is InChI=1S/C18H25N5O.ClH/c1-21(2)18(24)15-6-4-5-14(11-15)13-23-10-7-19-12-16(23)17-20-8-9-22(17)3;/h4-6,8-9,11,16,19H,7,10,12-13H2,1-3H3;1H. The molecule has 0 radical (unpaired) electrons. The molecule has 1 unspecified atom stereocenters. The van der Waals surface area contributed by atoms with Crippen molar-refractivity contribution in [1.82, 2.24) is 24.7 Å². The number of aromatic nitrogens is 2. The van der Waals surface area contributed by atoms with E-state index < -0.39 is 0 Å². The molecule has 0 bridgehead atoms. The van der Waals surface area contributed by atoms with Crippen molar-refractivity contribution in [3.63, 3.8) is 0 Å². The largest absolute Gasteiger partial charge is 0.345 e. The number of amides is 1. The first-order chi connectivity index (χ1) is 11.6. The van der Waals surface area contributed by atoms with Gasteiger partial charge in [0.2, 0.25) is 0 Å². The summed E-state index contributed by atoms with van der Waals surface area (Å²) < 4.78 is 2.08. The van der Waals surface area contributed by atoms with Crippen LogP contribution in [0.4, 0.5) is 0 Å². The number of hydrogen-bond donors (Lipinski definition) is 1. The topological polar surface area (TPSA) is 53.4 Å². The van der Waals surface area contributed by atoms with Crippen LogP contribution in [0, 0.1) is 0 Å². The Morgan fingerprint density at radius 3 is 2.88 bits per heavy atom. The number of carbonyl (C=O) groups excluding carboxylic acids is 1. The van der Waals surface area contributed by atoms with Gasteiger partial charge in [-0.05, 0) is 17.7 Å². The maximum atomic E-state index is 12.2. The molecule has 2 aromatic rings. The lowest BCUT2D eigenvalue weighted by atomic mass is 10.1. The smallest absolute Gasteiger partial charge is 0.253 e. The van der Waals surface area contributed by atoms with Gasteiger partial charge in [-0.2, -0.15) is 0 Å². The van der Waals surface area contributed by atoms with Crippen molar-refractivity contribution in [2.75, 3.05) is 33.7 Å². The van der Waals surface area contributed by atoms with E-state index in [0.717, 1.165) is 43.1 Å². The number of halogens is 1. The lowest BCUT2D eigenvalue weighted by molar-refractivity contribution is 0.0827. The predicted octanol–water partition coefficient (Wildman–Crippen LogP) is 1.69. The van der Waals surface area contributed by atoms with Gasteiger partial charge in [-0.3, -0.25) is 9.69 Å². The molecule has 1 saturated heterocycles. The minimum Gasteiger partial charge on any atom is -0.345 e. The zero-order valence-corrected chi connectivity index (χ0v) is 15.8. The van der Waals surface area contributed by atoms with E-state index in [9.17, 15) is 4.79 Å². The zero-order valence-electron chi connectivity index (χ0n) is 15.0. The van der Waals surface area contributed by atoms with Gasteiger partial charge < -0.3 is 14.8 Å². The van der Waals surface area contributed by atoms with Crippen LogP contribution in [-0.2, 0) is 13.6 Å². The third-order valence-electron chi connectivity index (χ3n) is 4.48. The molecule has 1 amide bonds. The fourth-order valence-corrected chi connectivity index (χ4v) is 3.18. The summed E-state index contributed by atoms with van der Waals surface area (Å²) in [7, 11) is 5.59. The summed E-state index contributed by atoms with van der Waals surface area (Å²) in [5.41, 5.74) is 1.89. The number of piperazine rings is 1. The van der Waals surface area contributed by atoms with E-state index in [1.165, 1.54) is 0 Å². The highest BCUT2D eigenvalue weighted by Gasteiger charge is 2.26. The highest BCUT2D eigenvalue weighted by atomic mass is 35.5. The van der Waals surface area contributed by atoms with Gasteiger partial charge in [-0.15, -0.1) is 12.4 Å². The molecule has 1 aliphatic rings. The Bertz CT molecular complexity index is 715. The summed E-state index contributed by atoms with van der Waals surface area (Å²) in [6.07, 6.45) is 3.83. The maximum absolute atomic E-state index is 12.2. The van der Waals surface area contributed by atoms with Crippen molar-refractivity contribution >= 4 is 18.3 Å². The van der Waals surface area contributed by atoms with E-state index in [4.69, 9.17) is 0 Å². The summed E-state index contributed by atoms with van der Waals surface area (Å²) in [5, 5.41) is 3.45. The number of carbonyl (C=O) groups is 1. The molecule has 25 heavy (non-hydrogen) atoms. The molecule has 0 aliphatic carbocycles. The van der Waals surface area contributed by atoms with Crippen molar-refractivity contribution in [3.8, 4) is 0 Å². The summed E-state index contributed by atoms with van der Waals surface area (Å²) in [6.45, 7) is 3.63. The van der Waals surface area contributed by atoms with E-state index in [2.05, 4.69) is 25.8 Å². The lowest BCUT2D eigenvalue weighted by Gasteiger charge is -2.35. The fourth-order valence-electron chi connectivity index (χ4n) is 3.18. The number of benzene rings is 1. The second kappa shape index (κ2) is 8.47. The monoisotopic (exact) mass is 363 g/mol. The van der Waals surface area contributed by atoms with E-state index in [-0.39, 0.29) is 24.4 Å². The Balaban J connectivity index is 0.00000225. The van der Waals surface area contributed by atoms with Gasteiger partial charge in [-0.25, -0.2) is 4.98 Å². The van der Waals surface area contributed by atoms with Crippen LogP contribution >= 0.6 is 12.4 Å². The Morgan fingerprint density at radius 2 is 2.20 bits per heavy atom. The van der Waals surface area contributed by atoms with Crippen LogP contribution in [-0.4, -0.2) is 59.0 Å². The molecule has 6 nitrogen and oxygen atoms in total. The van der Waals surface area contributed by atoms with Crippen molar-refractivity contribution in [3.05, 3.63) is 53.6 Å². The summed E-state index contributed by atoms with van der Waals surface area (Å²) in [6, 6.07) is 8.17. The number of nitrogens with one attached hydrogen (secondary N) is 1. The van der Waals surface area contributed by atoms with Crippen molar-refractivity contribution < 1.29 is 4.79 Å². The molecule has 1 N–H and O–H groups in total. The van der Waals surface area contributed by atoms with E-state index in [1.807, 2.05) is 37.6 Å². The second-order valence-electron chi connectivity index (χ2n) is 6.49. The molecule has 1 aliphatic heterocycles. The first-order valence-corrected chi connectivity index (χ1v) is 8.29. The molecule has 7 heteroatoms. The van der Waals surface area contributed by atoms with Crippen LogP contribution in [0.25, 0.3) is 0 Å². The highest BCUT2D eigenvalue weighted by molar-refractivity contribution is 5.94. The van der Waals surface area contributed by atoms with Crippen LogP contribution in [0.2, 0.25) is 0 Å². The van der Waals surface area contributed by atoms with Crippen LogP contribution in [0.1, 0.15) is 27.8 Å². The first-order valence-electron chi connectivity index (χ1n) is 8.29. The second-order valence-corrected chi connectivity index (χ2v) is 6.49. The Kier molecular flexibility index (Phi) is 6.58. The molecule has 1 aromatic carbocycles. The minimum absolute atomic E-state index is 0. The molecule has 2 heterocycles. The normalized spacial score (nSPS) is 17.8. The summed E-state index contributed by atoms with van der Waals surface area (Å²) in [5.74, 6) is 1.11. The predicted molar refractivity (Wildman–Crippen MR) is 101 cm³/mol. The van der Waals surface area contributed by atoms with Gasteiger partial charge in [0.15, 0.2) is 0 Å². The van der Waals surface area contributed by atoms with Crippen LogP contribution in [0.3, 0.4) is 0 Å². The molecular formula is C18H26ClN5O. The van der Waals surface area contributed by atoms with Gasteiger partial charge in [0.1, 0.15) is 5.82 Å². The first kappa shape index (κ1) is 19.4.